The quantitative estimate of drug-likeness (QED) is 0.256. The molecule has 0 saturated carbocycles. The second kappa shape index (κ2) is 11.2. The molecule has 1 aliphatic heterocycles. The number of nitrogens with one attached hydrogen (secondary N) is 1. The molecule has 0 atom stereocenters. The molecule has 194 valence electrons. The van der Waals surface area contributed by atoms with E-state index in [9.17, 15) is 19.6 Å². The molecule has 1 saturated heterocycles. The van der Waals surface area contributed by atoms with Crippen LogP contribution in [0.25, 0.3) is 6.08 Å². The number of furan rings is 1. The fourth-order valence-corrected chi connectivity index (χ4v) is 3.74. The van der Waals surface area contributed by atoms with Crippen LogP contribution in [0.3, 0.4) is 0 Å². The summed E-state index contributed by atoms with van der Waals surface area (Å²) < 4.78 is 26.9. The van der Waals surface area contributed by atoms with Crippen LogP contribution < -0.4 is 19.5 Å². The summed E-state index contributed by atoms with van der Waals surface area (Å²) in [7, 11) is 4.13. The monoisotopic (exact) mass is 517 g/mol. The van der Waals surface area contributed by atoms with E-state index >= 15 is 0 Å². The zero-order valence-electron chi connectivity index (χ0n) is 20.8. The van der Waals surface area contributed by atoms with Gasteiger partial charge in [-0.25, -0.2) is 9.59 Å². The molecule has 0 spiro atoms. The Kier molecular flexibility index (Phi) is 7.63. The fourth-order valence-electron chi connectivity index (χ4n) is 3.74. The first-order valence-corrected chi connectivity index (χ1v) is 11.3. The molecule has 3 aromatic rings. The molecule has 1 N–H and O–H groups in total. The number of rotatable bonds is 9. The van der Waals surface area contributed by atoms with Crippen LogP contribution in [-0.4, -0.2) is 44.1 Å². The molecule has 0 unspecified atom stereocenters. The number of imide groups is 1. The minimum Gasteiger partial charge on any atom is -0.493 e. The molecule has 2 aromatic carbocycles. The summed E-state index contributed by atoms with van der Waals surface area (Å²) in [5.74, 6) is -0.0974. The molecule has 38 heavy (non-hydrogen) atoms. The number of amides is 3. The molecule has 0 aliphatic carbocycles. The summed E-state index contributed by atoms with van der Waals surface area (Å²) in [6.45, 7) is -0.0759. The molecular weight excluding hydrogens is 494 g/mol. The Morgan fingerprint density at radius 3 is 2.45 bits per heavy atom. The van der Waals surface area contributed by atoms with Crippen LogP contribution in [0.1, 0.15) is 33.0 Å². The molecule has 2 heterocycles. The second-order valence-electron chi connectivity index (χ2n) is 7.95. The van der Waals surface area contributed by atoms with Gasteiger partial charge in [-0.3, -0.25) is 9.69 Å². The van der Waals surface area contributed by atoms with E-state index in [0.717, 1.165) is 4.90 Å². The van der Waals surface area contributed by atoms with E-state index in [1.54, 1.807) is 30.3 Å². The van der Waals surface area contributed by atoms with Crippen molar-refractivity contribution in [3.05, 3.63) is 82.4 Å². The molecule has 1 fully saturated rings. The number of benzene rings is 2. The molecule has 11 nitrogen and oxygen atoms in total. The Bertz CT molecular complexity index is 1440. The SMILES string of the molecule is COC(=O)c1ccc(CN2C(=O)N/C(=C\c3cc(OC)c(OCc4ccccc4C#N)c(OC)c3)C2=O)o1. The Labute approximate surface area is 217 Å². The Morgan fingerprint density at radius 2 is 1.79 bits per heavy atom. The summed E-state index contributed by atoms with van der Waals surface area (Å²) >= 11 is 0. The first-order chi connectivity index (χ1) is 18.4. The van der Waals surface area contributed by atoms with Gasteiger partial charge in [-0.15, -0.1) is 0 Å². The topological polar surface area (TPSA) is 140 Å². The van der Waals surface area contributed by atoms with Gasteiger partial charge in [-0.1, -0.05) is 18.2 Å². The van der Waals surface area contributed by atoms with E-state index in [1.807, 2.05) is 6.07 Å². The number of nitriles is 1. The number of esters is 1. The summed E-state index contributed by atoms with van der Waals surface area (Å²) in [5, 5.41) is 11.9. The van der Waals surface area contributed by atoms with E-state index in [4.69, 9.17) is 18.6 Å². The van der Waals surface area contributed by atoms with Gasteiger partial charge in [0.05, 0.1) is 39.5 Å². The maximum Gasteiger partial charge on any atom is 0.373 e. The largest absolute Gasteiger partial charge is 0.493 e. The maximum atomic E-state index is 12.9. The average Bonchev–Trinajstić information content (AvgIpc) is 3.51. The van der Waals surface area contributed by atoms with Crippen LogP contribution in [0.15, 0.2) is 58.6 Å². The van der Waals surface area contributed by atoms with Crippen LogP contribution in [0.2, 0.25) is 0 Å². The molecule has 4 rings (SSSR count). The van der Waals surface area contributed by atoms with Crippen molar-refractivity contribution in [1.29, 1.82) is 5.26 Å². The Hall–Kier alpha value is -5.24. The molecule has 3 amide bonds. The van der Waals surface area contributed by atoms with E-state index in [-0.39, 0.29) is 30.4 Å². The maximum absolute atomic E-state index is 12.9. The van der Waals surface area contributed by atoms with Gasteiger partial charge in [0.15, 0.2) is 11.5 Å². The molecule has 1 aliphatic rings. The lowest BCUT2D eigenvalue weighted by Crippen LogP contribution is -2.30. The average molecular weight is 517 g/mol. The van der Waals surface area contributed by atoms with Gasteiger partial charge >= 0.3 is 12.0 Å². The van der Waals surface area contributed by atoms with Crippen LogP contribution in [0.4, 0.5) is 4.79 Å². The van der Waals surface area contributed by atoms with Crippen molar-refractivity contribution in [3.63, 3.8) is 0 Å². The molecule has 11 heteroatoms. The Balaban J connectivity index is 1.55. The highest BCUT2D eigenvalue weighted by Gasteiger charge is 2.34. The Morgan fingerprint density at radius 1 is 1.08 bits per heavy atom. The van der Waals surface area contributed by atoms with Crippen molar-refractivity contribution in [2.24, 2.45) is 0 Å². The normalized spacial score (nSPS) is 13.7. The van der Waals surface area contributed by atoms with Crippen molar-refractivity contribution >= 4 is 24.0 Å². The molecule has 0 bridgehead atoms. The van der Waals surface area contributed by atoms with Crippen molar-refractivity contribution in [2.45, 2.75) is 13.2 Å². The van der Waals surface area contributed by atoms with Crippen molar-refractivity contribution in [3.8, 4) is 23.3 Å². The second-order valence-corrected chi connectivity index (χ2v) is 7.95. The zero-order chi connectivity index (χ0) is 27.2. The predicted octanol–water partition coefficient (Wildman–Crippen LogP) is 3.63. The minimum absolute atomic E-state index is 0.0236. The van der Waals surface area contributed by atoms with Gasteiger partial charge in [-0.2, -0.15) is 5.26 Å². The first-order valence-electron chi connectivity index (χ1n) is 11.3. The van der Waals surface area contributed by atoms with Crippen molar-refractivity contribution in [2.75, 3.05) is 21.3 Å². The van der Waals surface area contributed by atoms with Gasteiger partial charge in [0.2, 0.25) is 11.5 Å². The van der Waals surface area contributed by atoms with Crippen LogP contribution in [0, 0.1) is 11.3 Å². The number of urea groups is 1. The highest BCUT2D eigenvalue weighted by molar-refractivity contribution is 6.13. The summed E-state index contributed by atoms with van der Waals surface area (Å²) in [6.07, 6.45) is 1.47. The third-order valence-corrected chi connectivity index (χ3v) is 5.63. The predicted molar refractivity (Wildman–Crippen MR) is 132 cm³/mol. The number of methoxy groups -OCH3 is 3. The molecule has 1 aromatic heterocycles. The molecular formula is C27H23N3O8. The zero-order valence-corrected chi connectivity index (χ0v) is 20.8. The van der Waals surface area contributed by atoms with Gasteiger partial charge in [0.1, 0.15) is 18.1 Å². The van der Waals surface area contributed by atoms with Crippen LogP contribution in [0.5, 0.6) is 17.2 Å². The summed E-state index contributed by atoms with van der Waals surface area (Å²) in [6, 6.07) is 14.7. The van der Waals surface area contributed by atoms with Crippen molar-refractivity contribution in [1.82, 2.24) is 10.2 Å². The fraction of sp³-hybridized carbons (Fsp3) is 0.185. The minimum atomic E-state index is -0.668. The van der Waals surface area contributed by atoms with Crippen LogP contribution >= 0.6 is 0 Å². The highest BCUT2D eigenvalue weighted by atomic mass is 16.5. The van der Waals surface area contributed by atoms with Gasteiger partial charge in [0.25, 0.3) is 5.91 Å². The highest BCUT2D eigenvalue weighted by Crippen LogP contribution is 2.40. The lowest BCUT2D eigenvalue weighted by molar-refractivity contribution is -0.123. The number of hydrogen-bond acceptors (Lipinski definition) is 9. The number of hydrogen-bond donors (Lipinski definition) is 1. The summed E-state index contributed by atoms with van der Waals surface area (Å²) in [5.41, 5.74) is 1.71. The molecule has 0 radical (unpaired) electrons. The standard InChI is InChI=1S/C27H23N3O8/c1-34-22-11-16(12-23(35-2)24(22)37-15-18-7-5-4-6-17(18)13-28)10-20-25(31)30(27(33)29-20)14-19-8-9-21(38-19)26(32)36-3/h4-12H,14-15H2,1-3H3,(H,29,33)/b20-10-. The number of ether oxygens (including phenoxy) is 4. The third kappa shape index (κ3) is 5.29. The first kappa shape index (κ1) is 25.8. The lowest BCUT2D eigenvalue weighted by Gasteiger charge is -2.16. The van der Waals surface area contributed by atoms with Gasteiger partial charge < -0.3 is 28.7 Å². The lowest BCUT2D eigenvalue weighted by atomic mass is 10.1. The van der Waals surface area contributed by atoms with Gasteiger partial charge in [0, 0.05) is 5.56 Å². The van der Waals surface area contributed by atoms with E-state index in [2.05, 4.69) is 16.1 Å². The van der Waals surface area contributed by atoms with E-state index in [1.165, 1.54) is 39.5 Å². The number of nitrogens with zero attached hydrogens (tertiary/aromatic N) is 2. The third-order valence-electron chi connectivity index (χ3n) is 5.63. The number of carbonyl (C=O) groups is 3. The van der Waals surface area contributed by atoms with Crippen LogP contribution in [-0.2, 0) is 22.7 Å². The number of carbonyl (C=O) groups excluding carboxylic acids is 3. The van der Waals surface area contributed by atoms with Crippen molar-refractivity contribution < 1.29 is 37.7 Å². The smallest absolute Gasteiger partial charge is 0.373 e. The van der Waals surface area contributed by atoms with E-state index < -0.39 is 17.9 Å². The van der Waals surface area contributed by atoms with E-state index in [0.29, 0.717) is 33.9 Å². The van der Waals surface area contributed by atoms with Gasteiger partial charge in [-0.05, 0) is 42.0 Å². The summed E-state index contributed by atoms with van der Waals surface area (Å²) in [4.78, 5) is 38.0.